The Bertz CT molecular complexity index is 569. The van der Waals surface area contributed by atoms with E-state index in [-0.39, 0.29) is 0 Å². The van der Waals surface area contributed by atoms with Crippen molar-refractivity contribution >= 4 is 5.96 Å². The van der Waals surface area contributed by atoms with Crippen molar-refractivity contribution < 1.29 is 0 Å². The van der Waals surface area contributed by atoms with Crippen LogP contribution in [0.4, 0.5) is 0 Å². The SMILES string of the molecule is CN=C(NCc1ccccc1CN1CC(C)CC(C)C1)NCC1CC1. The van der Waals surface area contributed by atoms with Crippen LogP contribution in [0.25, 0.3) is 0 Å². The lowest BCUT2D eigenvalue weighted by atomic mass is 9.91. The standard InChI is InChI=1S/C21H34N4/c1-16-10-17(2)14-25(13-16)15-20-7-5-4-6-19(20)12-24-21(22-3)23-11-18-8-9-18/h4-7,16-18H,8-15H2,1-3H3,(H2,22,23,24). The van der Waals surface area contributed by atoms with E-state index in [1.807, 2.05) is 7.05 Å². The molecule has 2 fully saturated rings. The number of piperidine rings is 1. The van der Waals surface area contributed by atoms with Crippen LogP contribution in [0.1, 0.15) is 44.2 Å². The molecule has 0 spiro atoms. The van der Waals surface area contributed by atoms with Gasteiger partial charge in [-0.1, -0.05) is 38.1 Å². The summed E-state index contributed by atoms with van der Waals surface area (Å²) in [5.41, 5.74) is 2.82. The van der Waals surface area contributed by atoms with Crippen molar-refractivity contribution in [1.29, 1.82) is 0 Å². The number of benzene rings is 1. The average molecular weight is 343 g/mol. The van der Waals surface area contributed by atoms with E-state index < -0.39 is 0 Å². The second kappa shape index (κ2) is 8.70. The quantitative estimate of drug-likeness (QED) is 0.616. The normalized spacial score (nSPS) is 25.0. The average Bonchev–Trinajstić information content (AvgIpc) is 3.40. The summed E-state index contributed by atoms with van der Waals surface area (Å²) < 4.78 is 0. The Morgan fingerprint density at radius 3 is 2.40 bits per heavy atom. The van der Waals surface area contributed by atoms with Gasteiger partial charge in [-0.25, -0.2) is 0 Å². The minimum atomic E-state index is 0.805. The Hall–Kier alpha value is -1.55. The third-order valence-electron chi connectivity index (χ3n) is 5.38. The predicted octanol–water partition coefficient (Wildman–Crippen LogP) is 3.24. The molecular weight excluding hydrogens is 308 g/mol. The summed E-state index contributed by atoms with van der Waals surface area (Å²) in [5.74, 6) is 3.38. The van der Waals surface area contributed by atoms with E-state index in [4.69, 9.17) is 0 Å². The molecule has 1 saturated carbocycles. The minimum absolute atomic E-state index is 0.805. The molecule has 25 heavy (non-hydrogen) atoms. The van der Waals surface area contributed by atoms with E-state index in [2.05, 4.69) is 58.6 Å². The van der Waals surface area contributed by atoms with Gasteiger partial charge < -0.3 is 10.6 Å². The predicted molar refractivity (Wildman–Crippen MR) is 106 cm³/mol. The van der Waals surface area contributed by atoms with E-state index in [1.165, 1.54) is 43.5 Å². The Kier molecular flexibility index (Phi) is 6.35. The van der Waals surface area contributed by atoms with E-state index in [1.54, 1.807) is 0 Å². The maximum absolute atomic E-state index is 4.35. The van der Waals surface area contributed by atoms with Crippen LogP contribution in [0.15, 0.2) is 29.3 Å². The number of rotatable bonds is 6. The Labute approximate surface area is 153 Å². The lowest BCUT2D eigenvalue weighted by Crippen LogP contribution is -2.39. The molecule has 0 aromatic heterocycles. The second-order valence-electron chi connectivity index (χ2n) is 8.16. The van der Waals surface area contributed by atoms with Crippen molar-refractivity contribution in [1.82, 2.24) is 15.5 Å². The number of nitrogens with one attached hydrogen (secondary N) is 2. The van der Waals surface area contributed by atoms with Crippen molar-refractivity contribution in [2.45, 2.75) is 46.2 Å². The number of guanidine groups is 1. The van der Waals surface area contributed by atoms with Crippen LogP contribution in [-0.2, 0) is 13.1 Å². The van der Waals surface area contributed by atoms with Crippen LogP contribution in [0.5, 0.6) is 0 Å². The van der Waals surface area contributed by atoms with Gasteiger partial charge in [-0.2, -0.15) is 0 Å². The molecule has 138 valence electrons. The number of aliphatic imine (C=N–C) groups is 1. The highest BCUT2D eigenvalue weighted by atomic mass is 15.2. The van der Waals surface area contributed by atoms with Gasteiger partial charge in [-0.05, 0) is 48.1 Å². The second-order valence-corrected chi connectivity index (χ2v) is 8.16. The first-order valence-corrected chi connectivity index (χ1v) is 9.87. The molecule has 1 aliphatic heterocycles. The molecule has 2 aliphatic rings. The number of hydrogen-bond acceptors (Lipinski definition) is 2. The van der Waals surface area contributed by atoms with Gasteiger partial charge in [0.05, 0.1) is 0 Å². The summed E-state index contributed by atoms with van der Waals surface area (Å²) in [4.78, 5) is 6.97. The van der Waals surface area contributed by atoms with Gasteiger partial charge in [0, 0.05) is 39.8 Å². The molecule has 1 aliphatic carbocycles. The monoisotopic (exact) mass is 342 g/mol. The summed E-state index contributed by atoms with van der Waals surface area (Å²) in [6, 6.07) is 8.83. The van der Waals surface area contributed by atoms with Gasteiger partial charge in [0.1, 0.15) is 0 Å². The third-order valence-corrected chi connectivity index (χ3v) is 5.38. The molecule has 1 saturated heterocycles. The Balaban J connectivity index is 1.56. The van der Waals surface area contributed by atoms with Crippen molar-refractivity contribution in [3.05, 3.63) is 35.4 Å². The largest absolute Gasteiger partial charge is 0.356 e. The van der Waals surface area contributed by atoms with Gasteiger partial charge in [-0.3, -0.25) is 9.89 Å². The summed E-state index contributed by atoms with van der Waals surface area (Å²) >= 11 is 0. The van der Waals surface area contributed by atoms with Crippen LogP contribution in [0.3, 0.4) is 0 Å². The van der Waals surface area contributed by atoms with E-state index in [9.17, 15) is 0 Å². The molecule has 2 unspecified atom stereocenters. The number of likely N-dealkylation sites (tertiary alicyclic amines) is 1. The maximum Gasteiger partial charge on any atom is 0.191 e. The Morgan fingerprint density at radius 2 is 1.76 bits per heavy atom. The van der Waals surface area contributed by atoms with Crippen molar-refractivity contribution in [2.75, 3.05) is 26.7 Å². The van der Waals surface area contributed by atoms with Gasteiger partial charge >= 0.3 is 0 Å². The molecule has 1 aromatic rings. The molecule has 2 N–H and O–H groups in total. The van der Waals surface area contributed by atoms with E-state index >= 15 is 0 Å². The minimum Gasteiger partial charge on any atom is -0.356 e. The van der Waals surface area contributed by atoms with Gasteiger partial charge in [0.25, 0.3) is 0 Å². The van der Waals surface area contributed by atoms with E-state index in [0.717, 1.165) is 43.3 Å². The lowest BCUT2D eigenvalue weighted by Gasteiger charge is -2.35. The van der Waals surface area contributed by atoms with Crippen molar-refractivity contribution in [3.8, 4) is 0 Å². The summed E-state index contributed by atoms with van der Waals surface area (Å²) in [6.45, 7) is 10.1. The zero-order chi connectivity index (χ0) is 17.6. The number of hydrogen-bond donors (Lipinski definition) is 2. The summed E-state index contributed by atoms with van der Waals surface area (Å²) in [5, 5.41) is 6.93. The molecular formula is C21H34N4. The molecule has 0 radical (unpaired) electrons. The van der Waals surface area contributed by atoms with Crippen LogP contribution in [0.2, 0.25) is 0 Å². The molecule has 4 heteroatoms. The smallest absolute Gasteiger partial charge is 0.191 e. The molecule has 3 rings (SSSR count). The lowest BCUT2D eigenvalue weighted by molar-refractivity contribution is 0.134. The molecule has 1 aromatic carbocycles. The highest BCUT2D eigenvalue weighted by Gasteiger charge is 2.22. The molecule has 4 nitrogen and oxygen atoms in total. The van der Waals surface area contributed by atoms with Crippen LogP contribution in [-0.4, -0.2) is 37.5 Å². The summed E-state index contributed by atoms with van der Waals surface area (Å²) in [7, 11) is 1.85. The van der Waals surface area contributed by atoms with E-state index in [0.29, 0.717) is 0 Å². The van der Waals surface area contributed by atoms with Crippen molar-refractivity contribution in [3.63, 3.8) is 0 Å². The highest BCUT2D eigenvalue weighted by Crippen LogP contribution is 2.27. The van der Waals surface area contributed by atoms with Crippen LogP contribution >= 0.6 is 0 Å². The Morgan fingerprint density at radius 1 is 1.08 bits per heavy atom. The van der Waals surface area contributed by atoms with Gasteiger partial charge in [0.2, 0.25) is 0 Å². The van der Waals surface area contributed by atoms with Crippen LogP contribution in [0, 0.1) is 17.8 Å². The zero-order valence-electron chi connectivity index (χ0n) is 16.1. The molecule has 0 bridgehead atoms. The first-order chi connectivity index (χ1) is 12.1. The molecule has 2 atom stereocenters. The van der Waals surface area contributed by atoms with Crippen molar-refractivity contribution in [2.24, 2.45) is 22.7 Å². The zero-order valence-corrected chi connectivity index (χ0v) is 16.1. The number of nitrogens with zero attached hydrogens (tertiary/aromatic N) is 2. The van der Waals surface area contributed by atoms with Gasteiger partial charge in [0.15, 0.2) is 5.96 Å². The molecule has 1 heterocycles. The van der Waals surface area contributed by atoms with Crippen LogP contribution < -0.4 is 10.6 Å². The summed E-state index contributed by atoms with van der Waals surface area (Å²) in [6.07, 6.45) is 4.09. The third kappa shape index (κ3) is 5.74. The maximum atomic E-state index is 4.35. The highest BCUT2D eigenvalue weighted by molar-refractivity contribution is 5.79. The fourth-order valence-electron chi connectivity index (χ4n) is 4.01. The fraction of sp³-hybridized carbons (Fsp3) is 0.667. The topological polar surface area (TPSA) is 39.7 Å². The fourth-order valence-corrected chi connectivity index (χ4v) is 4.01. The van der Waals surface area contributed by atoms with Gasteiger partial charge in [-0.15, -0.1) is 0 Å². The first kappa shape index (κ1) is 18.2. The first-order valence-electron chi connectivity index (χ1n) is 9.87. The molecule has 0 amide bonds.